The van der Waals surface area contributed by atoms with Gasteiger partial charge in [-0.25, -0.2) is 0 Å². The lowest BCUT2D eigenvalue weighted by Crippen LogP contribution is -2.28. The van der Waals surface area contributed by atoms with Gasteiger partial charge in [-0.2, -0.15) is 0 Å². The van der Waals surface area contributed by atoms with E-state index in [1.165, 1.54) is 0 Å². The fraction of sp³-hybridized carbons (Fsp3) is 0.500. The van der Waals surface area contributed by atoms with Crippen molar-refractivity contribution in [3.8, 4) is 0 Å². The van der Waals surface area contributed by atoms with Crippen molar-refractivity contribution in [2.24, 2.45) is 0 Å². The van der Waals surface area contributed by atoms with E-state index in [1.807, 2.05) is 14.1 Å². The van der Waals surface area contributed by atoms with E-state index in [4.69, 9.17) is 23.2 Å². The molecule has 1 amide bonds. The van der Waals surface area contributed by atoms with Crippen LogP contribution >= 0.6 is 23.2 Å². The van der Waals surface area contributed by atoms with Crippen molar-refractivity contribution < 1.29 is 9.90 Å². The van der Waals surface area contributed by atoms with Crippen LogP contribution in [-0.4, -0.2) is 43.1 Å². The number of nitrogens with one attached hydrogen (secondary N) is 1. The summed E-state index contributed by atoms with van der Waals surface area (Å²) in [7, 11) is 3.96. The van der Waals surface area contributed by atoms with E-state index in [-0.39, 0.29) is 12.3 Å². The number of aliphatic hydroxyl groups is 1. The van der Waals surface area contributed by atoms with E-state index >= 15 is 0 Å². The number of aliphatic hydroxyl groups excluding tert-OH is 1. The molecule has 0 saturated heterocycles. The summed E-state index contributed by atoms with van der Waals surface area (Å²) in [5.41, 5.74) is 0.547. The minimum Gasteiger partial charge on any atom is -0.388 e. The highest BCUT2D eigenvalue weighted by atomic mass is 35.5. The third-order valence-electron chi connectivity index (χ3n) is 2.75. The third kappa shape index (κ3) is 6.57. The van der Waals surface area contributed by atoms with Crippen LogP contribution < -0.4 is 5.32 Å². The molecule has 1 atom stereocenters. The van der Waals surface area contributed by atoms with Gasteiger partial charge in [-0.3, -0.25) is 4.79 Å². The molecular formula is C14H20Cl2N2O2. The van der Waals surface area contributed by atoms with Gasteiger partial charge in [-0.05, 0) is 50.8 Å². The van der Waals surface area contributed by atoms with Crippen LogP contribution in [0, 0.1) is 0 Å². The van der Waals surface area contributed by atoms with E-state index in [0.29, 0.717) is 22.2 Å². The van der Waals surface area contributed by atoms with Crippen LogP contribution in [0.2, 0.25) is 10.0 Å². The number of rotatable bonds is 7. The predicted molar refractivity (Wildman–Crippen MR) is 82.2 cm³/mol. The van der Waals surface area contributed by atoms with Crippen molar-refractivity contribution in [1.29, 1.82) is 0 Å². The lowest BCUT2D eigenvalue weighted by atomic mass is 10.1. The quantitative estimate of drug-likeness (QED) is 0.759. The largest absolute Gasteiger partial charge is 0.388 e. The predicted octanol–water partition coefficient (Wildman–Crippen LogP) is 2.48. The molecule has 0 aliphatic heterocycles. The number of benzene rings is 1. The molecule has 0 saturated carbocycles. The average Bonchev–Trinajstić information content (AvgIpc) is 2.33. The highest BCUT2D eigenvalue weighted by molar-refractivity contribution is 6.34. The highest BCUT2D eigenvalue weighted by Gasteiger charge is 2.14. The summed E-state index contributed by atoms with van der Waals surface area (Å²) in [5.74, 6) is -0.188. The second-order valence-corrected chi connectivity index (χ2v) is 5.80. The van der Waals surface area contributed by atoms with Gasteiger partial charge in [0.15, 0.2) is 0 Å². The molecule has 20 heavy (non-hydrogen) atoms. The van der Waals surface area contributed by atoms with Gasteiger partial charge >= 0.3 is 0 Å². The minimum atomic E-state index is -0.903. The summed E-state index contributed by atoms with van der Waals surface area (Å²) in [6.45, 7) is 1.51. The zero-order valence-electron chi connectivity index (χ0n) is 11.7. The van der Waals surface area contributed by atoms with Crippen LogP contribution in [0.1, 0.15) is 24.5 Å². The standard InChI is InChI=1S/C14H20Cl2N2O2/c1-18(2)5-3-4-17-14(20)9-13(19)10-6-11(15)8-12(16)7-10/h6-8,13,19H,3-5,9H2,1-2H3,(H,17,20). The maximum atomic E-state index is 11.7. The summed E-state index contributed by atoms with van der Waals surface area (Å²) in [6.07, 6.45) is -0.0312. The Kier molecular flexibility index (Phi) is 7.30. The summed E-state index contributed by atoms with van der Waals surface area (Å²) in [5, 5.41) is 13.7. The van der Waals surface area contributed by atoms with Gasteiger partial charge in [-0.15, -0.1) is 0 Å². The smallest absolute Gasteiger partial charge is 0.222 e. The lowest BCUT2D eigenvalue weighted by Gasteiger charge is -2.13. The Hall–Kier alpha value is -0.810. The molecule has 0 bridgehead atoms. The highest BCUT2D eigenvalue weighted by Crippen LogP contribution is 2.25. The van der Waals surface area contributed by atoms with Crippen LogP contribution in [0.5, 0.6) is 0 Å². The van der Waals surface area contributed by atoms with Gasteiger partial charge in [0, 0.05) is 16.6 Å². The van der Waals surface area contributed by atoms with E-state index in [1.54, 1.807) is 18.2 Å². The Morgan fingerprint density at radius 1 is 1.30 bits per heavy atom. The van der Waals surface area contributed by atoms with Crippen molar-refractivity contribution in [2.45, 2.75) is 18.9 Å². The first-order chi connectivity index (χ1) is 9.38. The Balaban J connectivity index is 2.41. The van der Waals surface area contributed by atoms with E-state index < -0.39 is 6.10 Å². The van der Waals surface area contributed by atoms with Gasteiger partial charge in [0.1, 0.15) is 0 Å². The van der Waals surface area contributed by atoms with Crippen LogP contribution in [0.4, 0.5) is 0 Å². The number of hydrogen-bond donors (Lipinski definition) is 2. The Bertz CT molecular complexity index is 433. The topological polar surface area (TPSA) is 52.6 Å². The molecule has 0 spiro atoms. The second-order valence-electron chi connectivity index (χ2n) is 4.93. The summed E-state index contributed by atoms with van der Waals surface area (Å²) < 4.78 is 0. The molecule has 0 aliphatic rings. The zero-order chi connectivity index (χ0) is 15.1. The van der Waals surface area contributed by atoms with Crippen LogP contribution in [0.15, 0.2) is 18.2 Å². The SMILES string of the molecule is CN(C)CCCNC(=O)CC(O)c1cc(Cl)cc(Cl)c1. The Morgan fingerprint density at radius 2 is 1.90 bits per heavy atom. The lowest BCUT2D eigenvalue weighted by molar-refractivity contribution is -0.123. The van der Waals surface area contributed by atoms with Crippen molar-refractivity contribution in [1.82, 2.24) is 10.2 Å². The van der Waals surface area contributed by atoms with Crippen LogP contribution in [0.3, 0.4) is 0 Å². The first-order valence-electron chi connectivity index (χ1n) is 6.44. The molecule has 1 unspecified atom stereocenters. The van der Waals surface area contributed by atoms with Crippen molar-refractivity contribution in [2.75, 3.05) is 27.2 Å². The zero-order valence-corrected chi connectivity index (χ0v) is 13.2. The first-order valence-corrected chi connectivity index (χ1v) is 7.19. The Morgan fingerprint density at radius 3 is 2.45 bits per heavy atom. The monoisotopic (exact) mass is 318 g/mol. The minimum absolute atomic E-state index is 0.00135. The average molecular weight is 319 g/mol. The Labute approximate surface area is 129 Å². The van der Waals surface area contributed by atoms with Gasteiger partial charge < -0.3 is 15.3 Å². The van der Waals surface area contributed by atoms with E-state index in [0.717, 1.165) is 13.0 Å². The molecule has 0 aromatic heterocycles. The molecule has 1 rings (SSSR count). The third-order valence-corrected chi connectivity index (χ3v) is 3.19. The number of nitrogens with zero attached hydrogens (tertiary/aromatic N) is 1. The fourth-order valence-corrected chi connectivity index (χ4v) is 2.30. The fourth-order valence-electron chi connectivity index (χ4n) is 1.76. The van der Waals surface area contributed by atoms with Gasteiger partial charge in [-0.1, -0.05) is 23.2 Å². The van der Waals surface area contributed by atoms with E-state index in [2.05, 4.69) is 10.2 Å². The van der Waals surface area contributed by atoms with Gasteiger partial charge in [0.25, 0.3) is 0 Å². The molecule has 1 aromatic rings. The molecule has 0 heterocycles. The molecule has 0 fully saturated rings. The summed E-state index contributed by atoms with van der Waals surface area (Å²) in [6, 6.07) is 4.80. The van der Waals surface area contributed by atoms with Crippen molar-refractivity contribution >= 4 is 29.1 Å². The van der Waals surface area contributed by atoms with Crippen LogP contribution in [-0.2, 0) is 4.79 Å². The summed E-state index contributed by atoms with van der Waals surface area (Å²) in [4.78, 5) is 13.7. The van der Waals surface area contributed by atoms with Gasteiger partial charge in [0.05, 0.1) is 12.5 Å². The second kappa shape index (κ2) is 8.47. The maximum absolute atomic E-state index is 11.7. The van der Waals surface area contributed by atoms with E-state index in [9.17, 15) is 9.90 Å². The number of hydrogen-bond acceptors (Lipinski definition) is 3. The molecule has 1 aromatic carbocycles. The first kappa shape index (κ1) is 17.2. The molecule has 112 valence electrons. The molecule has 4 nitrogen and oxygen atoms in total. The number of carbonyl (C=O) groups is 1. The summed E-state index contributed by atoms with van der Waals surface area (Å²) >= 11 is 11.7. The molecule has 6 heteroatoms. The normalized spacial score (nSPS) is 12.5. The molecule has 0 radical (unpaired) electrons. The number of halogens is 2. The van der Waals surface area contributed by atoms with Crippen LogP contribution in [0.25, 0.3) is 0 Å². The number of amides is 1. The molecular weight excluding hydrogens is 299 g/mol. The molecule has 2 N–H and O–H groups in total. The van der Waals surface area contributed by atoms with Crippen molar-refractivity contribution in [3.05, 3.63) is 33.8 Å². The van der Waals surface area contributed by atoms with Gasteiger partial charge in [0.2, 0.25) is 5.91 Å². The maximum Gasteiger partial charge on any atom is 0.222 e. The number of carbonyl (C=O) groups excluding carboxylic acids is 1. The van der Waals surface area contributed by atoms with Crippen molar-refractivity contribution in [3.63, 3.8) is 0 Å². The molecule has 0 aliphatic carbocycles.